The van der Waals surface area contributed by atoms with E-state index in [0.29, 0.717) is 22.8 Å². The normalized spacial score (nSPS) is 19.4. The summed E-state index contributed by atoms with van der Waals surface area (Å²) in [7, 11) is 1.87. The Balaban J connectivity index is 1.46. The van der Waals surface area contributed by atoms with Gasteiger partial charge in [0.1, 0.15) is 5.82 Å². The Morgan fingerprint density at radius 2 is 1.89 bits per heavy atom. The summed E-state index contributed by atoms with van der Waals surface area (Å²) in [6.45, 7) is 0.689. The number of nitrogens with zero attached hydrogens (tertiary/aromatic N) is 2. The monoisotopic (exact) mass is 418 g/mol. The molecule has 2 aromatic rings. The Morgan fingerprint density at radius 3 is 2.61 bits per heavy atom. The summed E-state index contributed by atoms with van der Waals surface area (Å²) in [5.41, 5.74) is 1.01. The molecule has 3 nitrogen and oxygen atoms in total. The molecular weight excluding hydrogens is 391 g/mol. The van der Waals surface area contributed by atoms with Crippen LogP contribution in [0.1, 0.15) is 31.4 Å². The van der Waals surface area contributed by atoms with E-state index < -0.39 is 0 Å². The molecule has 3 rings (SSSR count). The summed E-state index contributed by atoms with van der Waals surface area (Å²) >= 11 is 3.61. The second-order valence-corrected chi connectivity index (χ2v) is 9.67. The molecule has 150 valence electrons. The van der Waals surface area contributed by atoms with Gasteiger partial charge in [0.25, 0.3) is 0 Å². The van der Waals surface area contributed by atoms with E-state index in [2.05, 4.69) is 4.98 Å². The van der Waals surface area contributed by atoms with E-state index in [1.165, 1.54) is 25.0 Å². The molecule has 0 aliphatic heterocycles. The number of rotatable bonds is 8. The van der Waals surface area contributed by atoms with Gasteiger partial charge >= 0.3 is 0 Å². The van der Waals surface area contributed by atoms with Gasteiger partial charge in [0.15, 0.2) is 0 Å². The van der Waals surface area contributed by atoms with E-state index in [9.17, 15) is 9.18 Å². The maximum Gasteiger partial charge on any atom is 0.232 e. The molecule has 0 saturated heterocycles. The Morgan fingerprint density at radius 1 is 1.14 bits per heavy atom. The second kappa shape index (κ2) is 10.9. The minimum atomic E-state index is -0.196. The number of halogens is 1. The number of hydrogen-bond donors (Lipinski definition) is 0. The molecule has 28 heavy (non-hydrogen) atoms. The summed E-state index contributed by atoms with van der Waals surface area (Å²) < 4.78 is 13.1. The fraction of sp³-hybridized carbons (Fsp3) is 0.455. The van der Waals surface area contributed by atoms with Gasteiger partial charge in [0, 0.05) is 47.3 Å². The van der Waals surface area contributed by atoms with Crippen LogP contribution in [-0.2, 0) is 11.2 Å². The number of hydrogen-bond acceptors (Lipinski definition) is 4. The van der Waals surface area contributed by atoms with Crippen LogP contribution in [-0.4, -0.2) is 45.6 Å². The lowest BCUT2D eigenvalue weighted by Crippen LogP contribution is -2.32. The summed E-state index contributed by atoms with van der Waals surface area (Å²) in [4.78, 5) is 19.8. The zero-order chi connectivity index (χ0) is 19.8. The van der Waals surface area contributed by atoms with Gasteiger partial charge in [0.2, 0.25) is 5.91 Å². The highest BCUT2D eigenvalue weighted by Crippen LogP contribution is 2.39. The average Bonchev–Trinajstić information content (AvgIpc) is 2.73. The third-order valence-corrected chi connectivity index (χ3v) is 8.01. The minimum Gasteiger partial charge on any atom is -0.345 e. The molecule has 1 aliphatic rings. The lowest BCUT2D eigenvalue weighted by molar-refractivity contribution is -0.127. The van der Waals surface area contributed by atoms with Gasteiger partial charge in [-0.15, -0.1) is 23.5 Å². The van der Waals surface area contributed by atoms with Crippen molar-refractivity contribution in [3.8, 4) is 0 Å². The first-order valence-electron chi connectivity index (χ1n) is 9.79. The number of benzene rings is 1. The zero-order valence-corrected chi connectivity index (χ0v) is 17.9. The number of amides is 1. The van der Waals surface area contributed by atoms with Crippen LogP contribution in [0.5, 0.6) is 0 Å². The van der Waals surface area contributed by atoms with Crippen LogP contribution in [0.4, 0.5) is 4.39 Å². The predicted molar refractivity (Wildman–Crippen MR) is 116 cm³/mol. The van der Waals surface area contributed by atoms with Crippen molar-refractivity contribution in [3.05, 3.63) is 60.2 Å². The van der Waals surface area contributed by atoms with Crippen LogP contribution >= 0.6 is 23.5 Å². The standard InChI is InChI=1S/C22H27FN2OS2/c1-25(15-13-18-6-4-5-14-24-18)22(26)16-27-20-7-2-3-8-21(20)28-19-11-9-17(23)10-12-19/h4-6,9-12,14,20-21H,2-3,7-8,13,15-16H2,1H3/t20-,21-/m1/s1. The second-order valence-electron chi connectivity index (χ2n) is 7.13. The van der Waals surface area contributed by atoms with Crippen molar-refractivity contribution >= 4 is 29.4 Å². The molecular formula is C22H27FN2OS2. The predicted octanol–water partition coefficient (Wildman–Crippen LogP) is 5.06. The number of aromatic nitrogens is 1. The van der Waals surface area contributed by atoms with Crippen molar-refractivity contribution in [1.82, 2.24) is 9.88 Å². The van der Waals surface area contributed by atoms with Gasteiger partial charge in [-0.3, -0.25) is 9.78 Å². The average molecular weight is 419 g/mol. The fourth-order valence-electron chi connectivity index (χ4n) is 3.32. The number of pyridine rings is 1. The van der Waals surface area contributed by atoms with Crippen LogP contribution in [0.2, 0.25) is 0 Å². The Hall–Kier alpha value is -1.53. The van der Waals surface area contributed by atoms with Crippen molar-refractivity contribution in [2.45, 2.75) is 47.5 Å². The molecule has 0 N–H and O–H groups in total. The van der Waals surface area contributed by atoms with Gasteiger partial charge in [-0.05, 0) is 49.2 Å². The maximum absolute atomic E-state index is 13.1. The highest BCUT2D eigenvalue weighted by atomic mass is 32.2. The number of carbonyl (C=O) groups excluding carboxylic acids is 1. The molecule has 0 spiro atoms. The molecule has 2 atom stereocenters. The van der Waals surface area contributed by atoms with Gasteiger partial charge in [-0.2, -0.15) is 0 Å². The van der Waals surface area contributed by atoms with Crippen LogP contribution in [0, 0.1) is 5.82 Å². The molecule has 1 aromatic carbocycles. The first-order valence-corrected chi connectivity index (χ1v) is 11.7. The van der Waals surface area contributed by atoms with Crippen molar-refractivity contribution in [1.29, 1.82) is 0 Å². The smallest absolute Gasteiger partial charge is 0.232 e. The molecule has 0 unspecified atom stereocenters. The number of thioether (sulfide) groups is 2. The first-order chi connectivity index (χ1) is 13.6. The topological polar surface area (TPSA) is 33.2 Å². The summed E-state index contributed by atoms with van der Waals surface area (Å²) in [6, 6.07) is 12.6. The van der Waals surface area contributed by atoms with Gasteiger partial charge in [-0.1, -0.05) is 18.9 Å². The van der Waals surface area contributed by atoms with Crippen LogP contribution < -0.4 is 0 Å². The Labute approximate surface area is 175 Å². The van der Waals surface area contributed by atoms with Gasteiger partial charge in [0.05, 0.1) is 5.75 Å². The van der Waals surface area contributed by atoms with Crippen molar-refractivity contribution in [2.24, 2.45) is 0 Å². The lowest BCUT2D eigenvalue weighted by atomic mass is 10.00. The van der Waals surface area contributed by atoms with Crippen LogP contribution in [0.15, 0.2) is 53.6 Å². The summed E-state index contributed by atoms with van der Waals surface area (Å²) in [5.74, 6) is 0.499. The lowest BCUT2D eigenvalue weighted by Gasteiger charge is -2.31. The number of likely N-dealkylation sites (N-methyl/N-ethyl adjacent to an activating group) is 1. The van der Waals surface area contributed by atoms with Crippen molar-refractivity contribution in [2.75, 3.05) is 19.3 Å². The van der Waals surface area contributed by atoms with E-state index in [4.69, 9.17) is 0 Å². The van der Waals surface area contributed by atoms with Crippen LogP contribution in [0.3, 0.4) is 0 Å². The Bertz CT molecular complexity index is 742. The molecule has 0 bridgehead atoms. The molecule has 1 aromatic heterocycles. The van der Waals surface area contributed by atoms with E-state index in [0.717, 1.165) is 29.9 Å². The van der Waals surface area contributed by atoms with E-state index in [1.807, 2.05) is 54.0 Å². The number of carbonyl (C=O) groups is 1. The van der Waals surface area contributed by atoms with Crippen molar-refractivity contribution < 1.29 is 9.18 Å². The highest BCUT2D eigenvalue weighted by Gasteiger charge is 2.27. The van der Waals surface area contributed by atoms with E-state index in [-0.39, 0.29) is 11.7 Å². The summed E-state index contributed by atoms with van der Waals surface area (Å²) in [6.07, 6.45) is 7.32. The third-order valence-electron chi connectivity index (χ3n) is 5.02. The van der Waals surface area contributed by atoms with Gasteiger partial charge in [-0.25, -0.2) is 4.39 Å². The highest BCUT2D eigenvalue weighted by molar-refractivity contribution is 8.04. The van der Waals surface area contributed by atoms with E-state index in [1.54, 1.807) is 18.0 Å². The Kier molecular flexibility index (Phi) is 8.22. The molecule has 6 heteroatoms. The van der Waals surface area contributed by atoms with E-state index >= 15 is 0 Å². The maximum atomic E-state index is 13.1. The molecule has 0 radical (unpaired) electrons. The van der Waals surface area contributed by atoms with Crippen LogP contribution in [0.25, 0.3) is 0 Å². The molecule has 1 heterocycles. The molecule has 1 fully saturated rings. The molecule has 1 aliphatic carbocycles. The first kappa shape index (κ1) is 21.2. The molecule has 1 amide bonds. The molecule has 1 saturated carbocycles. The quantitative estimate of drug-likeness (QED) is 0.600. The SMILES string of the molecule is CN(CCc1ccccn1)C(=O)CS[C@@H]1CCCC[C@H]1Sc1ccc(F)cc1. The summed E-state index contributed by atoms with van der Waals surface area (Å²) in [5, 5.41) is 0.952. The largest absolute Gasteiger partial charge is 0.345 e. The van der Waals surface area contributed by atoms with Gasteiger partial charge < -0.3 is 4.90 Å². The van der Waals surface area contributed by atoms with Crippen molar-refractivity contribution in [3.63, 3.8) is 0 Å². The fourth-order valence-corrected chi connectivity index (χ4v) is 6.20. The zero-order valence-electron chi connectivity index (χ0n) is 16.2. The minimum absolute atomic E-state index is 0.178. The third kappa shape index (κ3) is 6.52.